The molecule has 2 aromatic rings. The average molecular weight is 729 g/mol. The molecule has 6 rings (SSSR count). The molecular weight excluding hydrogens is 677 g/mol. The lowest BCUT2D eigenvalue weighted by Crippen LogP contribution is -2.30. The number of fused-ring (bicyclic) bond motifs is 4. The first kappa shape index (κ1) is 38.5. The number of nitriles is 1. The van der Waals surface area contributed by atoms with Gasteiger partial charge in [-0.1, -0.05) is 132 Å². The molecule has 2 heterocycles. The highest BCUT2D eigenvalue weighted by Gasteiger charge is 2.39. The van der Waals surface area contributed by atoms with Crippen LogP contribution in [0.4, 0.5) is 0 Å². The largest absolute Gasteiger partial charge is 0.300 e. The molecule has 3 atom stereocenters. The summed E-state index contributed by atoms with van der Waals surface area (Å²) >= 11 is 1.84. The molecule has 274 valence electrons. The van der Waals surface area contributed by atoms with Crippen molar-refractivity contribution < 1.29 is 0 Å². The highest BCUT2D eigenvalue weighted by molar-refractivity contribution is 8.04. The summed E-state index contributed by atoms with van der Waals surface area (Å²) in [4.78, 5) is 11.3. The van der Waals surface area contributed by atoms with E-state index in [1.807, 2.05) is 48.5 Å². The van der Waals surface area contributed by atoms with Gasteiger partial charge in [-0.2, -0.15) is 5.26 Å². The van der Waals surface area contributed by atoms with Gasteiger partial charge in [-0.15, -0.1) is 11.8 Å². The topological polar surface area (TPSA) is 53.4 Å². The van der Waals surface area contributed by atoms with Crippen molar-refractivity contribution >= 4 is 52.4 Å². The average Bonchev–Trinajstić information content (AvgIpc) is 3.56. The number of rotatable bonds is 10. The molecular formula is C49H52N4S. The third kappa shape index (κ3) is 6.21. The first-order valence-corrected chi connectivity index (χ1v) is 19.6. The van der Waals surface area contributed by atoms with Crippen LogP contribution in [0.15, 0.2) is 148 Å². The molecule has 54 heavy (non-hydrogen) atoms. The van der Waals surface area contributed by atoms with E-state index in [1.54, 1.807) is 7.05 Å². The lowest BCUT2D eigenvalue weighted by molar-refractivity contribution is 0.550. The van der Waals surface area contributed by atoms with Gasteiger partial charge in [-0.25, -0.2) is 4.99 Å². The second-order valence-electron chi connectivity index (χ2n) is 15.6. The number of nitrogens with zero attached hydrogens (tertiary/aromatic N) is 4. The van der Waals surface area contributed by atoms with Crippen molar-refractivity contribution in [3.8, 4) is 6.07 Å². The number of allylic oxidation sites excluding steroid dienone is 15. The summed E-state index contributed by atoms with van der Waals surface area (Å²) in [7, 11) is 1.80. The standard InChI is InChI=1S/C49H52N4S/c1-13-17-21-39(30(5)6)48(8,9)31(7)25-41-34(15-3)37-26-36-33(14-2)38(16-4)49(10,11)40(36)27-42(37)53(41)29-52-47-35-20-18-19-22-43(35)54-44-24-23-32(28-50)46(51-12)45(44)47/h13-22,24-27,29,32,35,43H,1-4,23H2,5-12H3/b21-17-,31-25+,51-46-,52-29+. The van der Waals surface area contributed by atoms with Gasteiger partial charge in [-0.3, -0.25) is 9.56 Å². The Balaban J connectivity index is 1.68. The quantitative estimate of drug-likeness (QED) is 0.139. The van der Waals surface area contributed by atoms with Gasteiger partial charge in [0, 0.05) is 50.5 Å². The van der Waals surface area contributed by atoms with Crippen molar-refractivity contribution in [2.45, 2.75) is 65.6 Å². The van der Waals surface area contributed by atoms with Crippen LogP contribution in [0.5, 0.6) is 0 Å². The fourth-order valence-electron chi connectivity index (χ4n) is 8.62. The van der Waals surface area contributed by atoms with Crippen molar-refractivity contribution in [3.05, 3.63) is 160 Å². The Hall–Kier alpha value is -5.18. The molecule has 3 aliphatic carbocycles. The third-order valence-corrected chi connectivity index (χ3v) is 13.1. The molecule has 0 saturated heterocycles. The van der Waals surface area contributed by atoms with Gasteiger partial charge in [0.15, 0.2) is 0 Å². The molecule has 4 aliphatic rings. The van der Waals surface area contributed by atoms with Crippen LogP contribution in [0.3, 0.4) is 0 Å². The van der Waals surface area contributed by atoms with E-state index < -0.39 is 0 Å². The van der Waals surface area contributed by atoms with E-state index >= 15 is 0 Å². The van der Waals surface area contributed by atoms with E-state index in [9.17, 15) is 5.26 Å². The lowest BCUT2D eigenvalue weighted by atomic mass is 9.75. The molecule has 0 spiro atoms. The van der Waals surface area contributed by atoms with E-state index in [0.717, 1.165) is 49.6 Å². The number of aliphatic imine (C=N–C) groups is 2. The molecule has 0 N–H and O–H groups in total. The Bertz CT molecular complexity index is 2350. The SMILES string of the molecule is C=C/C=C\C(=C(C)C)C(C)(C)/C(C)=C/c1c(C=C)c2cc3c(cc2n1/C=N/C1=C2C(=CCC(C#N)/C2=N/C)SC2C=CC=CC12)C(C)(C)C(C=C)=C3C=C. The van der Waals surface area contributed by atoms with Gasteiger partial charge in [0.25, 0.3) is 0 Å². The molecule has 1 aromatic carbocycles. The van der Waals surface area contributed by atoms with Gasteiger partial charge < -0.3 is 0 Å². The van der Waals surface area contributed by atoms with Crippen molar-refractivity contribution in [2.75, 3.05) is 7.05 Å². The Morgan fingerprint density at radius 2 is 1.80 bits per heavy atom. The first-order valence-electron chi connectivity index (χ1n) is 18.7. The molecule has 0 bridgehead atoms. The molecule has 1 aromatic heterocycles. The van der Waals surface area contributed by atoms with E-state index in [-0.39, 0.29) is 27.9 Å². The molecule has 0 radical (unpaired) electrons. The van der Waals surface area contributed by atoms with Gasteiger partial charge in [0.1, 0.15) is 0 Å². The number of thioether (sulfide) groups is 1. The van der Waals surface area contributed by atoms with Crippen LogP contribution in [0.2, 0.25) is 0 Å². The Morgan fingerprint density at radius 1 is 1.06 bits per heavy atom. The van der Waals surface area contributed by atoms with Crippen LogP contribution in [0, 0.1) is 28.6 Å². The van der Waals surface area contributed by atoms with Gasteiger partial charge in [0.2, 0.25) is 0 Å². The van der Waals surface area contributed by atoms with Crippen LogP contribution in [-0.4, -0.2) is 28.9 Å². The summed E-state index contributed by atoms with van der Waals surface area (Å²) in [6.07, 6.45) is 27.8. The molecule has 0 saturated carbocycles. The van der Waals surface area contributed by atoms with E-state index in [4.69, 9.17) is 9.98 Å². The van der Waals surface area contributed by atoms with Crippen molar-refractivity contribution in [1.82, 2.24) is 4.57 Å². The molecule has 3 unspecified atom stereocenters. The van der Waals surface area contributed by atoms with Gasteiger partial charge in [0.05, 0.1) is 40.9 Å². The maximum absolute atomic E-state index is 10.2. The van der Waals surface area contributed by atoms with Crippen molar-refractivity contribution in [1.29, 1.82) is 5.26 Å². The summed E-state index contributed by atoms with van der Waals surface area (Å²) in [6, 6.07) is 7.13. The number of hydrogen-bond acceptors (Lipinski definition) is 4. The summed E-state index contributed by atoms with van der Waals surface area (Å²) < 4.78 is 2.24. The van der Waals surface area contributed by atoms with Crippen molar-refractivity contribution in [3.63, 3.8) is 0 Å². The Labute approximate surface area is 327 Å². The second kappa shape index (κ2) is 14.9. The van der Waals surface area contributed by atoms with Crippen LogP contribution in [-0.2, 0) is 5.41 Å². The molecule has 5 heteroatoms. The normalized spacial score (nSPS) is 22.7. The van der Waals surface area contributed by atoms with E-state index in [1.165, 1.54) is 33.4 Å². The monoisotopic (exact) mass is 728 g/mol. The van der Waals surface area contributed by atoms with Crippen LogP contribution < -0.4 is 0 Å². The zero-order valence-electron chi connectivity index (χ0n) is 33.1. The zero-order chi connectivity index (χ0) is 39.1. The van der Waals surface area contributed by atoms with E-state index in [0.29, 0.717) is 6.42 Å². The minimum Gasteiger partial charge on any atom is -0.300 e. The molecule has 0 fully saturated rings. The minimum absolute atomic E-state index is 0.0347. The maximum atomic E-state index is 10.2. The lowest BCUT2D eigenvalue weighted by Gasteiger charge is -2.36. The fraction of sp³-hybridized carbons (Fsp3) is 0.286. The smallest absolute Gasteiger partial charge is 0.0999 e. The molecule has 0 amide bonds. The second-order valence-corrected chi connectivity index (χ2v) is 16.8. The van der Waals surface area contributed by atoms with Crippen LogP contribution in [0.25, 0.3) is 28.6 Å². The fourth-order valence-corrected chi connectivity index (χ4v) is 9.96. The summed E-state index contributed by atoms with van der Waals surface area (Å²) in [5, 5.41) is 11.5. The molecule has 4 nitrogen and oxygen atoms in total. The van der Waals surface area contributed by atoms with Crippen molar-refractivity contribution in [2.24, 2.45) is 27.2 Å². The Kier molecular flexibility index (Phi) is 10.6. The number of aromatic nitrogens is 1. The third-order valence-electron chi connectivity index (χ3n) is 11.7. The highest BCUT2D eigenvalue weighted by atomic mass is 32.2. The minimum atomic E-state index is -0.308. The maximum Gasteiger partial charge on any atom is 0.0999 e. The molecule has 1 aliphatic heterocycles. The van der Waals surface area contributed by atoms with Crippen LogP contribution in [0.1, 0.15) is 77.3 Å². The Morgan fingerprint density at radius 3 is 2.43 bits per heavy atom. The number of hydrogen-bond donors (Lipinski definition) is 0. The first-order chi connectivity index (χ1) is 25.8. The number of benzene rings is 1. The summed E-state index contributed by atoms with van der Waals surface area (Å²) in [6.45, 7) is 32.3. The summed E-state index contributed by atoms with van der Waals surface area (Å²) in [5.74, 6) is -0.273. The highest BCUT2D eigenvalue weighted by Crippen LogP contribution is 2.51. The zero-order valence-corrected chi connectivity index (χ0v) is 33.9. The van der Waals surface area contributed by atoms with Gasteiger partial charge >= 0.3 is 0 Å². The predicted molar refractivity (Wildman–Crippen MR) is 237 cm³/mol. The van der Waals surface area contributed by atoms with Crippen LogP contribution >= 0.6 is 11.8 Å². The predicted octanol–water partition coefficient (Wildman–Crippen LogP) is 12.7. The summed E-state index contributed by atoms with van der Waals surface area (Å²) in [5.41, 5.74) is 13.7. The van der Waals surface area contributed by atoms with E-state index in [2.05, 4.69) is 140 Å². The van der Waals surface area contributed by atoms with Gasteiger partial charge in [-0.05, 0) is 73.2 Å².